The third-order valence-corrected chi connectivity index (χ3v) is 15.0. The van der Waals surface area contributed by atoms with Gasteiger partial charge in [0.25, 0.3) is 0 Å². The van der Waals surface area contributed by atoms with E-state index in [1.54, 1.807) is 6.92 Å². The highest BCUT2D eigenvalue weighted by molar-refractivity contribution is 6.74. The molecule has 4 aliphatic carbocycles. The molecule has 0 unspecified atom stereocenters. The Morgan fingerprint density at radius 2 is 1.77 bits per heavy atom. The summed E-state index contributed by atoms with van der Waals surface area (Å²) in [5.41, 5.74) is 0.297. The van der Waals surface area contributed by atoms with Gasteiger partial charge in [-0.1, -0.05) is 40.7 Å². The van der Waals surface area contributed by atoms with Crippen molar-refractivity contribution in [3.05, 3.63) is 23.5 Å². The second-order valence-electron chi connectivity index (χ2n) is 13.1. The SMILES string of the molecule is CC(=O)[C@@]1(O)CC[C@H]2[C@@H]3CC=C4C=C(O[Si](C)(C)C(C)(C)C)CC[C@]4(C)[C@H]3CC[C@@]21C. The molecule has 0 radical (unpaired) electrons. The standard InChI is InChI=1S/C27H44O3Si/c1-18(28)27(29)16-13-23-21-10-9-19-17-20(30-31(7,8)24(2,3)4)11-14-25(19,5)22(21)12-15-26(23,27)6/h9,17,21-23,29H,10-16H2,1-8H3/t21-,22+,23+,25+,26+,27+/m1/s1. The summed E-state index contributed by atoms with van der Waals surface area (Å²) in [5.74, 6) is 2.84. The van der Waals surface area contributed by atoms with Crippen molar-refractivity contribution in [2.45, 2.75) is 110 Å². The van der Waals surface area contributed by atoms with Gasteiger partial charge < -0.3 is 9.53 Å². The number of ketones is 1. The van der Waals surface area contributed by atoms with Crippen LogP contribution in [0.5, 0.6) is 0 Å². The van der Waals surface area contributed by atoms with Crippen LogP contribution in [0.1, 0.15) is 86.5 Å². The number of aliphatic hydroxyl groups is 1. The predicted molar refractivity (Wildman–Crippen MR) is 129 cm³/mol. The highest BCUT2D eigenvalue weighted by Crippen LogP contribution is 2.67. The molecule has 0 bridgehead atoms. The van der Waals surface area contributed by atoms with Crippen LogP contribution in [0.3, 0.4) is 0 Å². The molecule has 0 aromatic rings. The molecule has 0 saturated heterocycles. The zero-order valence-electron chi connectivity index (χ0n) is 21.1. The number of hydrogen-bond acceptors (Lipinski definition) is 3. The van der Waals surface area contributed by atoms with Crippen LogP contribution in [0, 0.1) is 28.6 Å². The van der Waals surface area contributed by atoms with E-state index in [1.807, 2.05) is 0 Å². The number of fused-ring (bicyclic) bond motifs is 5. The van der Waals surface area contributed by atoms with Crippen LogP contribution in [-0.4, -0.2) is 24.8 Å². The molecule has 174 valence electrons. The highest BCUT2D eigenvalue weighted by atomic mass is 28.4. The Morgan fingerprint density at radius 3 is 2.39 bits per heavy atom. The fourth-order valence-electron chi connectivity index (χ4n) is 7.46. The maximum Gasteiger partial charge on any atom is 0.250 e. The summed E-state index contributed by atoms with van der Waals surface area (Å²) in [6.07, 6.45) is 11.8. The van der Waals surface area contributed by atoms with E-state index in [9.17, 15) is 9.90 Å². The Labute approximate surface area is 190 Å². The predicted octanol–water partition coefficient (Wildman–Crippen LogP) is 6.78. The van der Waals surface area contributed by atoms with Crippen molar-refractivity contribution < 1.29 is 14.3 Å². The smallest absolute Gasteiger partial charge is 0.250 e. The molecule has 0 aromatic carbocycles. The fourth-order valence-corrected chi connectivity index (χ4v) is 8.58. The van der Waals surface area contributed by atoms with Gasteiger partial charge in [0, 0.05) is 11.8 Å². The van der Waals surface area contributed by atoms with Crippen LogP contribution in [0.4, 0.5) is 0 Å². The molecule has 4 heteroatoms. The molecule has 1 N–H and O–H groups in total. The van der Waals surface area contributed by atoms with Gasteiger partial charge in [-0.05, 0) is 98.4 Å². The van der Waals surface area contributed by atoms with Gasteiger partial charge in [-0.15, -0.1) is 0 Å². The third kappa shape index (κ3) is 3.26. The average Bonchev–Trinajstić information content (AvgIpc) is 2.93. The van der Waals surface area contributed by atoms with Crippen molar-refractivity contribution in [3.63, 3.8) is 0 Å². The molecule has 6 atom stereocenters. The largest absolute Gasteiger partial charge is 0.547 e. The van der Waals surface area contributed by atoms with Crippen LogP contribution in [0.2, 0.25) is 18.1 Å². The Bertz CT molecular complexity index is 834. The molecule has 4 aliphatic rings. The zero-order chi connectivity index (χ0) is 23.0. The van der Waals surface area contributed by atoms with E-state index in [2.05, 4.69) is 59.9 Å². The Morgan fingerprint density at radius 1 is 1.13 bits per heavy atom. The lowest BCUT2D eigenvalue weighted by atomic mass is 9.47. The van der Waals surface area contributed by atoms with Crippen LogP contribution < -0.4 is 0 Å². The second kappa shape index (κ2) is 7.06. The van der Waals surface area contributed by atoms with Crippen molar-refractivity contribution in [1.82, 2.24) is 0 Å². The molecular formula is C27H44O3Si. The van der Waals surface area contributed by atoms with Crippen molar-refractivity contribution in [1.29, 1.82) is 0 Å². The van der Waals surface area contributed by atoms with E-state index in [1.165, 1.54) is 11.3 Å². The fraction of sp³-hybridized carbons (Fsp3) is 0.815. The van der Waals surface area contributed by atoms with E-state index in [0.717, 1.165) is 38.5 Å². The van der Waals surface area contributed by atoms with E-state index in [0.29, 0.717) is 24.2 Å². The number of allylic oxidation sites excluding steroid dienone is 4. The Hall–Kier alpha value is -0.873. The molecule has 4 rings (SSSR count). The van der Waals surface area contributed by atoms with Crippen LogP contribution in [0.15, 0.2) is 23.5 Å². The molecule has 31 heavy (non-hydrogen) atoms. The van der Waals surface area contributed by atoms with Gasteiger partial charge in [0.2, 0.25) is 8.32 Å². The lowest BCUT2D eigenvalue weighted by Crippen LogP contribution is -2.56. The first-order valence-electron chi connectivity index (χ1n) is 12.5. The second-order valence-corrected chi connectivity index (χ2v) is 17.8. The van der Waals surface area contributed by atoms with Gasteiger partial charge in [0.15, 0.2) is 5.78 Å². The number of Topliss-reactive ketones (excluding diaryl/α,β-unsaturated/α-hetero) is 1. The van der Waals surface area contributed by atoms with Gasteiger partial charge in [0.05, 0.1) is 5.76 Å². The molecule has 0 aromatic heterocycles. The minimum Gasteiger partial charge on any atom is -0.547 e. The molecule has 3 nitrogen and oxygen atoms in total. The first-order valence-corrected chi connectivity index (χ1v) is 15.4. The van der Waals surface area contributed by atoms with Gasteiger partial charge in [0.1, 0.15) is 5.60 Å². The molecule has 0 heterocycles. The van der Waals surface area contributed by atoms with Gasteiger partial charge in [-0.25, -0.2) is 0 Å². The lowest BCUT2D eigenvalue weighted by Gasteiger charge is -2.58. The monoisotopic (exact) mass is 444 g/mol. The van der Waals surface area contributed by atoms with Gasteiger partial charge in [-0.2, -0.15) is 0 Å². The summed E-state index contributed by atoms with van der Waals surface area (Å²) in [5, 5.41) is 11.5. The molecule has 0 spiro atoms. The van der Waals surface area contributed by atoms with Gasteiger partial charge in [-0.3, -0.25) is 4.79 Å². The van der Waals surface area contributed by atoms with Gasteiger partial charge >= 0.3 is 0 Å². The average molecular weight is 445 g/mol. The maximum absolute atomic E-state index is 12.4. The summed E-state index contributed by atoms with van der Waals surface area (Å²) < 4.78 is 6.70. The zero-order valence-corrected chi connectivity index (χ0v) is 22.1. The van der Waals surface area contributed by atoms with E-state index < -0.39 is 13.9 Å². The first-order chi connectivity index (χ1) is 14.2. The van der Waals surface area contributed by atoms with Crippen LogP contribution in [0.25, 0.3) is 0 Å². The van der Waals surface area contributed by atoms with E-state index >= 15 is 0 Å². The summed E-state index contributed by atoms with van der Waals surface area (Å²) in [6, 6.07) is 0. The van der Waals surface area contributed by atoms with E-state index in [-0.39, 0.29) is 21.7 Å². The maximum atomic E-state index is 12.4. The third-order valence-electron chi connectivity index (χ3n) is 10.7. The quantitative estimate of drug-likeness (QED) is 0.488. The van der Waals surface area contributed by atoms with Crippen LogP contribution >= 0.6 is 0 Å². The van der Waals surface area contributed by atoms with Crippen molar-refractivity contribution in [2.75, 3.05) is 0 Å². The molecule has 0 aliphatic heterocycles. The summed E-state index contributed by atoms with van der Waals surface area (Å²) in [4.78, 5) is 12.4. The van der Waals surface area contributed by atoms with Crippen LogP contribution in [-0.2, 0) is 9.22 Å². The van der Waals surface area contributed by atoms with Crippen molar-refractivity contribution in [3.8, 4) is 0 Å². The molecular weight excluding hydrogens is 400 g/mol. The topological polar surface area (TPSA) is 46.5 Å². The lowest BCUT2D eigenvalue weighted by molar-refractivity contribution is -0.158. The summed E-state index contributed by atoms with van der Waals surface area (Å²) >= 11 is 0. The molecule has 0 amide bonds. The minimum absolute atomic E-state index is 0.0257. The first kappa shape index (κ1) is 23.3. The van der Waals surface area contributed by atoms with E-state index in [4.69, 9.17) is 4.43 Å². The highest BCUT2D eigenvalue weighted by Gasteiger charge is 2.65. The Kier molecular flexibility index (Phi) is 5.30. The molecule has 2 saturated carbocycles. The van der Waals surface area contributed by atoms with Crippen molar-refractivity contribution >= 4 is 14.1 Å². The summed E-state index contributed by atoms with van der Waals surface area (Å²) in [6.45, 7) is 17.9. The number of rotatable bonds is 3. The molecule has 2 fully saturated rings. The normalized spacial score (nSPS) is 42.7. The van der Waals surface area contributed by atoms with Crippen molar-refractivity contribution in [2.24, 2.45) is 28.6 Å². The Balaban J connectivity index is 1.61. The number of carbonyl (C=O) groups is 1. The minimum atomic E-state index is -1.82. The number of hydrogen-bond donors (Lipinski definition) is 1. The number of carbonyl (C=O) groups excluding carboxylic acids is 1. The summed E-state index contributed by atoms with van der Waals surface area (Å²) in [7, 11) is -1.82.